The molecule has 116 valence electrons. The second-order valence-corrected chi connectivity index (χ2v) is 6.09. The number of aryl methyl sites for hydroxylation is 1. The van der Waals surface area contributed by atoms with Crippen molar-refractivity contribution in [2.75, 3.05) is 7.11 Å². The highest BCUT2D eigenvalue weighted by Gasteiger charge is 2.18. The fraction of sp³-hybridized carbons (Fsp3) is 0.133. The highest BCUT2D eigenvalue weighted by atomic mass is 35.5. The van der Waals surface area contributed by atoms with Gasteiger partial charge in [0.15, 0.2) is 17.1 Å². The van der Waals surface area contributed by atoms with E-state index in [-0.39, 0.29) is 0 Å². The van der Waals surface area contributed by atoms with Crippen molar-refractivity contribution in [1.82, 2.24) is 19.5 Å². The Morgan fingerprint density at radius 1 is 1.26 bits per heavy atom. The molecule has 4 rings (SSSR count). The number of halogens is 1. The van der Waals surface area contributed by atoms with Crippen molar-refractivity contribution in [3.05, 3.63) is 35.2 Å². The van der Waals surface area contributed by atoms with Gasteiger partial charge in [0.2, 0.25) is 5.28 Å². The number of thiophene rings is 1. The molecule has 0 spiro atoms. The molecule has 0 saturated carbocycles. The standard InChI is InChI=1S/C15H11ClN4O2S/c1-20-11-12(21-2)10(7-17-13(11)19-15(20)16)22-9-5-8-3-4-23-14(8)18-6-9/h3-7H,1-2H3. The lowest BCUT2D eigenvalue weighted by molar-refractivity contribution is 0.380. The molecule has 8 heteroatoms. The van der Waals surface area contributed by atoms with E-state index in [9.17, 15) is 0 Å². The van der Waals surface area contributed by atoms with Crippen LogP contribution in [0.5, 0.6) is 17.2 Å². The summed E-state index contributed by atoms with van der Waals surface area (Å²) in [6, 6.07) is 3.93. The summed E-state index contributed by atoms with van der Waals surface area (Å²) in [5, 5.41) is 3.36. The zero-order valence-electron chi connectivity index (χ0n) is 12.3. The zero-order valence-corrected chi connectivity index (χ0v) is 13.9. The Hall–Kier alpha value is -2.38. The van der Waals surface area contributed by atoms with E-state index in [4.69, 9.17) is 21.1 Å². The molecule has 0 N–H and O–H groups in total. The number of rotatable bonds is 3. The minimum Gasteiger partial charge on any atom is -0.491 e. The number of methoxy groups -OCH3 is 1. The molecular formula is C15H11ClN4O2S. The van der Waals surface area contributed by atoms with Gasteiger partial charge in [-0.05, 0) is 29.1 Å². The summed E-state index contributed by atoms with van der Waals surface area (Å²) in [6.45, 7) is 0. The molecule has 0 atom stereocenters. The molecule has 23 heavy (non-hydrogen) atoms. The van der Waals surface area contributed by atoms with Crippen molar-refractivity contribution < 1.29 is 9.47 Å². The first kappa shape index (κ1) is 14.2. The summed E-state index contributed by atoms with van der Waals surface area (Å²) in [6.07, 6.45) is 3.25. The van der Waals surface area contributed by atoms with Crippen LogP contribution in [0.1, 0.15) is 0 Å². The van der Waals surface area contributed by atoms with E-state index in [2.05, 4.69) is 15.0 Å². The molecule has 0 unspecified atom stereocenters. The van der Waals surface area contributed by atoms with Crippen molar-refractivity contribution in [3.63, 3.8) is 0 Å². The summed E-state index contributed by atoms with van der Waals surface area (Å²) in [4.78, 5) is 13.8. The minimum absolute atomic E-state index is 0.337. The largest absolute Gasteiger partial charge is 0.491 e. The van der Waals surface area contributed by atoms with Gasteiger partial charge < -0.3 is 14.0 Å². The quantitative estimate of drug-likeness (QED) is 0.560. The Kier molecular flexibility index (Phi) is 3.32. The first-order valence-electron chi connectivity index (χ1n) is 6.73. The summed E-state index contributed by atoms with van der Waals surface area (Å²) in [5.74, 6) is 1.63. The maximum atomic E-state index is 6.05. The number of fused-ring (bicyclic) bond motifs is 2. The molecule has 4 heterocycles. The molecular weight excluding hydrogens is 336 g/mol. The lowest BCUT2D eigenvalue weighted by Crippen LogP contribution is -1.96. The predicted molar refractivity (Wildman–Crippen MR) is 89.8 cm³/mol. The molecule has 0 fully saturated rings. The van der Waals surface area contributed by atoms with Gasteiger partial charge in [-0.1, -0.05) is 0 Å². The molecule has 6 nitrogen and oxygen atoms in total. The van der Waals surface area contributed by atoms with Crippen molar-refractivity contribution in [3.8, 4) is 17.2 Å². The second-order valence-electron chi connectivity index (χ2n) is 4.86. The van der Waals surface area contributed by atoms with Crippen LogP contribution in [-0.2, 0) is 7.05 Å². The number of hydrogen-bond donors (Lipinski definition) is 0. The van der Waals surface area contributed by atoms with Gasteiger partial charge in [0.1, 0.15) is 16.1 Å². The molecule has 0 amide bonds. The Balaban J connectivity index is 1.82. The lowest BCUT2D eigenvalue weighted by atomic mass is 10.3. The van der Waals surface area contributed by atoms with E-state index < -0.39 is 0 Å². The van der Waals surface area contributed by atoms with Crippen LogP contribution >= 0.6 is 22.9 Å². The van der Waals surface area contributed by atoms with E-state index in [1.807, 2.05) is 17.5 Å². The van der Waals surface area contributed by atoms with Crippen LogP contribution in [-0.4, -0.2) is 26.6 Å². The summed E-state index contributed by atoms with van der Waals surface area (Å²) in [7, 11) is 3.37. The van der Waals surface area contributed by atoms with Crippen LogP contribution < -0.4 is 9.47 Å². The van der Waals surface area contributed by atoms with Gasteiger partial charge in [-0.3, -0.25) is 0 Å². The van der Waals surface area contributed by atoms with Crippen molar-refractivity contribution in [2.24, 2.45) is 7.05 Å². The number of imidazole rings is 1. The number of ether oxygens (including phenoxy) is 2. The number of nitrogens with zero attached hydrogens (tertiary/aromatic N) is 4. The molecule has 4 aromatic rings. The van der Waals surface area contributed by atoms with Crippen LogP contribution in [0.2, 0.25) is 5.28 Å². The third-order valence-electron chi connectivity index (χ3n) is 3.48. The molecule has 0 aromatic carbocycles. The molecule has 0 aliphatic rings. The van der Waals surface area contributed by atoms with E-state index in [0.29, 0.717) is 33.7 Å². The predicted octanol–water partition coefficient (Wildman–Crippen LogP) is 4.03. The van der Waals surface area contributed by atoms with Gasteiger partial charge >= 0.3 is 0 Å². The van der Waals surface area contributed by atoms with Crippen LogP contribution in [0.4, 0.5) is 0 Å². The molecule has 0 saturated heterocycles. The third kappa shape index (κ3) is 2.29. The normalized spacial score (nSPS) is 11.3. The maximum absolute atomic E-state index is 6.05. The van der Waals surface area contributed by atoms with Crippen molar-refractivity contribution in [2.45, 2.75) is 0 Å². The number of pyridine rings is 2. The molecule has 0 aliphatic heterocycles. The highest BCUT2D eigenvalue weighted by Crippen LogP contribution is 2.38. The fourth-order valence-corrected chi connectivity index (χ4v) is 3.27. The summed E-state index contributed by atoms with van der Waals surface area (Å²) >= 11 is 7.64. The Labute approximate surface area is 140 Å². The monoisotopic (exact) mass is 346 g/mol. The number of aromatic nitrogens is 4. The zero-order chi connectivity index (χ0) is 16.0. The van der Waals surface area contributed by atoms with Gasteiger partial charge in [0.05, 0.1) is 19.5 Å². The van der Waals surface area contributed by atoms with Gasteiger partial charge in [-0.25, -0.2) is 9.97 Å². The highest BCUT2D eigenvalue weighted by molar-refractivity contribution is 7.16. The Bertz CT molecular complexity index is 1030. The number of hydrogen-bond acceptors (Lipinski definition) is 6. The van der Waals surface area contributed by atoms with Crippen LogP contribution in [0.3, 0.4) is 0 Å². The SMILES string of the molecule is COc1c(Oc2cnc3sccc3c2)cnc2nc(Cl)n(C)c12. The molecule has 4 aromatic heterocycles. The molecule has 0 radical (unpaired) electrons. The van der Waals surface area contributed by atoms with Crippen LogP contribution in [0.25, 0.3) is 21.4 Å². The van der Waals surface area contributed by atoms with E-state index in [0.717, 1.165) is 10.2 Å². The topological polar surface area (TPSA) is 62.1 Å². The average Bonchev–Trinajstić information content (AvgIpc) is 3.12. The maximum Gasteiger partial charge on any atom is 0.205 e. The first-order valence-corrected chi connectivity index (χ1v) is 7.99. The first-order chi connectivity index (χ1) is 11.2. The lowest BCUT2D eigenvalue weighted by Gasteiger charge is -2.11. The summed E-state index contributed by atoms with van der Waals surface area (Å²) in [5.41, 5.74) is 1.19. The smallest absolute Gasteiger partial charge is 0.205 e. The van der Waals surface area contributed by atoms with E-state index >= 15 is 0 Å². The van der Waals surface area contributed by atoms with Gasteiger partial charge in [-0.2, -0.15) is 4.98 Å². The Morgan fingerprint density at radius 3 is 2.96 bits per heavy atom. The van der Waals surface area contributed by atoms with Crippen LogP contribution in [0.15, 0.2) is 29.9 Å². The molecule has 0 bridgehead atoms. The van der Waals surface area contributed by atoms with Crippen molar-refractivity contribution >= 4 is 44.3 Å². The molecule has 0 aliphatic carbocycles. The Morgan fingerprint density at radius 2 is 2.13 bits per heavy atom. The van der Waals surface area contributed by atoms with E-state index in [1.54, 1.807) is 42.5 Å². The third-order valence-corrected chi connectivity index (χ3v) is 4.65. The summed E-state index contributed by atoms with van der Waals surface area (Å²) < 4.78 is 13.1. The average molecular weight is 347 g/mol. The van der Waals surface area contributed by atoms with Crippen molar-refractivity contribution in [1.29, 1.82) is 0 Å². The van der Waals surface area contributed by atoms with Crippen LogP contribution in [0, 0.1) is 0 Å². The van der Waals surface area contributed by atoms with Gasteiger partial charge in [0.25, 0.3) is 0 Å². The fourth-order valence-electron chi connectivity index (χ4n) is 2.39. The van der Waals surface area contributed by atoms with E-state index in [1.165, 1.54) is 0 Å². The minimum atomic E-state index is 0.337. The van der Waals surface area contributed by atoms with Gasteiger partial charge in [0, 0.05) is 12.4 Å². The van der Waals surface area contributed by atoms with Gasteiger partial charge in [-0.15, -0.1) is 11.3 Å². The second kappa shape index (κ2) is 5.36.